The molecule has 10 unspecified atom stereocenters. The van der Waals surface area contributed by atoms with Gasteiger partial charge in [-0.05, 0) is 56.1 Å². The predicted octanol–water partition coefficient (Wildman–Crippen LogP) is 2.26. The minimum atomic E-state index is -1.22. The summed E-state index contributed by atoms with van der Waals surface area (Å²) in [5.41, 5.74) is 4.39. The van der Waals surface area contributed by atoms with Crippen LogP contribution in [-0.4, -0.2) is 77.5 Å². The van der Waals surface area contributed by atoms with Gasteiger partial charge < -0.3 is 30.0 Å². The van der Waals surface area contributed by atoms with Crippen LogP contribution in [0.4, 0.5) is 0 Å². The Hall–Kier alpha value is -1.91. The lowest BCUT2D eigenvalue weighted by atomic mass is 9.46. The summed E-state index contributed by atoms with van der Waals surface area (Å²) in [6, 6.07) is 0. The lowest BCUT2D eigenvalue weighted by Gasteiger charge is -2.59. The molecule has 0 bridgehead atoms. The van der Waals surface area contributed by atoms with Crippen molar-refractivity contribution in [3.05, 3.63) is 23.8 Å². The second kappa shape index (κ2) is 9.58. The van der Waals surface area contributed by atoms with E-state index in [2.05, 4.69) is 20.8 Å². The first-order valence-electron chi connectivity index (χ1n) is 14.7. The highest BCUT2D eigenvalue weighted by molar-refractivity contribution is 6.01. The van der Waals surface area contributed by atoms with Crippen LogP contribution < -0.4 is 5.73 Å². The number of ether oxygens (including phenoxy) is 3. The van der Waals surface area contributed by atoms with Crippen LogP contribution in [0.15, 0.2) is 23.8 Å². The Bertz CT molecular complexity index is 1120. The van der Waals surface area contributed by atoms with E-state index in [1.165, 1.54) is 0 Å². The number of likely N-dealkylation sites (tertiary alicyclic amines) is 1. The van der Waals surface area contributed by atoms with Crippen molar-refractivity contribution in [2.24, 2.45) is 34.3 Å². The van der Waals surface area contributed by atoms with Crippen LogP contribution in [0.1, 0.15) is 65.7 Å². The van der Waals surface area contributed by atoms with E-state index in [1.807, 2.05) is 6.08 Å². The average Bonchev–Trinajstić information content (AvgIpc) is 3.35. The van der Waals surface area contributed by atoms with E-state index < -0.39 is 35.7 Å². The minimum Gasteiger partial charge on any atom is -0.393 e. The fourth-order valence-corrected chi connectivity index (χ4v) is 9.22. The quantitative estimate of drug-likeness (QED) is 0.501. The molecular formula is C30H42N2O7. The van der Waals surface area contributed by atoms with Gasteiger partial charge in [-0.15, -0.1) is 0 Å². The number of nitrogens with zero attached hydrogens (tertiary/aromatic N) is 1. The SMILES string of the molecule is CCCC1OC2CC3C4CCC5=CC(=O)C=CC5(C)C4C(O)CC3(C)C2(C(=O)COC2CCN2C(=O)CN)O1. The van der Waals surface area contributed by atoms with E-state index in [1.54, 1.807) is 17.1 Å². The van der Waals surface area contributed by atoms with Crippen molar-refractivity contribution in [1.29, 1.82) is 0 Å². The molecule has 0 aromatic heterocycles. The number of amides is 1. The van der Waals surface area contributed by atoms with Crippen molar-refractivity contribution in [2.75, 3.05) is 19.7 Å². The van der Waals surface area contributed by atoms with Gasteiger partial charge in [0, 0.05) is 29.7 Å². The van der Waals surface area contributed by atoms with Crippen LogP contribution >= 0.6 is 0 Å². The molecule has 0 aromatic carbocycles. The second-order valence-corrected chi connectivity index (χ2v) is 12.9. The Morgan fingerprint density at radius 2 is 2.08 bits per heavy atom. The minimum absolute atomic E-state index is 0.0120. The highest BCUT2D eigenvalue weighted by Gasteiger charge is 2.75. The third-order valence-corrected chi connectivity index (χ3v) is 11.1. The van der Waals surface area contributed by atoms with Crippen LogP contribution in [0.3, 0.4) is 0 Å². The molecule has 0 radical (unpaired) electrons. The molecule has 1 amide bonds. The number of hydrogen-bond acceptors (Lipinski definition) is 8. The number of Topliss-reactive ketones (excluding diaryl/α,β-unsaturated/α-hetero) is 1. The van der Waals surface area contributed by atoms with Gasteiger partial charge in [0.25, 0.3) is 0 Å². The Labute approximate surface area is 230 Å². The number of carbonyl (C=O) groups is 3. The first-order chi connectivity index (χ1) is 18.6. The van der Waals surface area contributed by atoms with Crippen LogP contribution in [0.25, 0.3) is 0 Å². The summed E-state index contributed by atoms with van der Waals surface area (Å²) >= 11 is 0. The highest BCUT2D eigenvalue weighted by atomic mass is 16.7. The Kier molecular flexibility index (Phi) is 6.70. The van der Waals surface area contributed by atoms with Crippen molar-refractivity contribution in [2.45, 2.75) is 96.0 Å². The number of rotatable bonds is 7. The molecular weight excluding hydrogens is 500 g/mol. The summed E-state index contributed by atoms with van der Waals surface area (Å²) in [6.45, 7) is 6.62. The highest BCUT2D eigenvalue weighted by Crippen LogP contribution is 2.69. The predicted molar refractivity (Wildman–Crippen MR) is 141 cm³/mol. The van der Waals surface area contributed by atoms with Gasteiger partial charge in [0.05, 0.1) is 18.8 Å². The van der Waals surface area contributed by atoms with Gasteiger partial charge in [-0.3, -0.25) is 14.4 Å². The van der Waals surface area contributed by atoms with Gasteiger partial charge in [-0.2, -0.15) is 0 Å². The van der Waals surface area contributed by atoms with Crippen molar-refractivity contribution < 1.29 is 33.7 Å². The van der Waals surface area contributed by atoms with Gasteiger partial charge >= 0.3 is 0 Å². The van der Waals surface area contributed by atoms with Gasteiger partial charge in [0.15, 0.2) is 23.5 Å². The van der Waals surface area contributed by atoms with E-state index in [9.17, 15) is 19.5 Å². The number of aliphatic hydroxyl groups excluding tert-OH is 1. The van der Waals surface area contributed by atoms with Crippen molar-refractivity contribution in [3.8, 4) is 0 Å². The number of ketones is 2. The smallest absolute Gasteiger partial charge is 0.238 e. The van der Waals surface area contributed by atoms with Crippen molar-refractivity contribution >= 4 is 17.5 Å². The average molecular weight is 543 g/mol. The van der Waals surface area contributed by atoms with Crippen molar-refractivity contribution in [1.82, 2.24) is 4.90 Å². The Morgan fingerprint density at radius 1 is 1.28 bits per heavy atom. The van der Waals surface area contributed by atoms with Gasteiger partial charge in [-0.25, -0.2) is 0 Å². The number of carbonyl (C=O) groups excluding carboxylic acids is 3. The van der Waals surface area contributed by atoms with Gasteiger partial charge in [0.2, 0.25) is 5.91 Å². The molecule has 9 nitrogen and oxygen atoms in total. The number of allylic oxidation sites excluding steroid dienone is 4. The molecule has 0 aromatic rings. The second-order valence-electron chi connectivity index (χ2n) is 12.9. The normalized spacial score (nSPS) is 46.1. The molecule has 2 heterocycles. The number of nitrogens with two attached hydrogens (primary N) is 1. The molecule has 9 heteroatoms. The summed E-state index contributed by atoms with van der Waals surface area (Å²) in [7, 11) is 0. The fraction of sp³-hybridized carbons (Fsp3) is 0.767. The fourth-order valence-electron chi connectivity index (χ4n) is 9.22. The standard InChI is InChI=1S/C30H42N2O7/c1-4-5-26-38-23-13-20-19-7-6-17-12-18(33)8-10-28(17,2)27(19)21(34)14-29(20,3)30(23,39-26)22(35)16-37-25-9-11-32(25)24(36)15-31/h8,10,12,19-21,23,25-27,34H,4-7,9,11,13-16,31H2,1-3H3. The summed E-state index contributed by atoms with van der Waals surface area (Å²) < 4.78 is 19.1. The third kappa shape index (κ3) is 3.80. The molecule has 2 saturated heterocycles. The maximum atomic E-state index is 14.2. The number of fused-ring (bicyclic) bond motifs is 7. The maximum absolute atomic E-state index is 14.2. The molecule has 3 N–H and O–H groups in total. The first-order valence-corrected chi connectivity index (χ1v) is 14.7. The van der Waals surface area contributed by atoms with E-state index in [-0.39, 0.29) is 53.8 Å². The van der Waals surface area contributed by atoms with Crippen LogP contribution in [-0.2, 0) is 28.6 Å². The van der Waals surface area contributed by atoms with Crippen LogP contribution in [0.5, 0.6) is 0 Å². The third-order valence-electron chi connectivity index (χ3n) is 11.1. The van der Waals surface area contributed by atoms with E-state index in [0.29, 0.717) is 32.2 Å². The zero-order valence-corrected chi connectivity index (χ0v) is 23.3. The number of hydrogen-bond donors (Lipinski definition) is 2. The van der Waals surface area contributed by atoms with Gasteiger partial charge in [0.1, 0.15) is 12.8 Å². The van der Waals surface area contributed by atoms with E-state index in [4.69, 9.17) is 19.9 Å². The molecule has 5 fully saturated rings. The molecule has 39 heavy (non-hydrogen) atoms. The number of aliphatic hydroxyl groups is 1. The zero-order valence-electron chi connectivity index (χ0n) is 23.3. The zero-order chi connectivity index (χ0) is 27.7. The molecule has 0 spiro atoms. The lowest BCUT2D eigenvalue weighted by molar-refractivity contribution is -0.206. The monoisotopic (exact) mass is 542 g/mol. The molecule has 6 rings (SSSR count). The van der Waals surface area contributed by atoms with E-state index in [0.717, 1.165) is 24.8 Å². The van der Waals surface area contributed by atoms with Crippen LogP contribution in [0, 0.1) is 28.6 Å². The topological polar surface area (TPSA) is 128 Å². The molecule has 2 aliphatic heterocycles. The molecule has 3 saturated carbocycles. The first kappa shape index (κ1) is 27.3. The lowest BCUT2D eigenvalue weighted by Crippen LogP contribution is -2.64. The maximum Gasteiger partial charge on any atom is 0.238 e. The Morgan fingerprint density at radius 3 is 2.77 bits per heavy atom. The largest absolute Gasteiger partial charge is 0.393 e. The Balaban J connectivity index is 1.30. The summed E-state index contributed by atoms with van der Waals surface area (Å²) in [6.07, 6.45) is 8.36. The molecule has 4 aliphatic carbocycles. The van der Waals surface area contributed by atoms with Crippen LogP contribution in [0.2, 0.25) is 0 Å². The molecule has 6 aliphatic rings. The van der Waals surface area contributed by atoms with Gasteiger partial charge in [-0.1, -0.05) is 38.8 Å². The summed E-state index contributed by atoms with van der Waals surface area (Å²) in [5, 5.41) is 11.8. The summed E-state index contributed by atoms with van der Waals surface area (Å²) in [5.74, 6) is -0.107. The molecule has 10 atom stereocenters. The van der Waals surface area contributed by atoms with E-state index >= 15 is 0 Å². The van der Waals surface area contributed by atoms with Crippen molar-refractivity contribution in [3.63, 3.8) is 0 Å². The molecule has 214 valence electrons. The summed E-state index contributed by atoms with van der Waals surface area (Å²) in [4.78, 5) is 40.0.